The van der Waals surface area contributed by atoms with Crippen LogP contribution < -0.4 is 5.32 Å². The second kappa shape index (κ2) is 8.63. The van der Waals surface area contributed by atoms with Gasteiger partial charge in [-0.2, -0.15) is 0 Å². The minimum Gasteiger partial charge on any atom is -0.337 e. The van der Waals surface area contributed by atoms with Crippen molar-refractivity contribution in [1.82, 2.24) is 14.8 Å². The maximum absolute atomic E-state index is 13.6. The van der Waals surface area contributed by atoms with Crippen molar-refractivity contribution in [3.63, 3.8) is 0 Å². The average molecular weight is 413 g/mol. The lowest BCUT2D eigenvalue weighted by Crippen LogP contribution is -2.47. The summed E-state index contributed by atoms with van der Waals surface area (Å²) in [4.78, 5) is 35.8. The zero-order chi connectivity index (χ0) is 20.4. The monoisotopic (exact) mass is 412 g/mol. The summed E-state index contributed by atoms with van der Waals surface area (Å²) >= 11 is 1.57. The van der Waals surface area contributed by atoms with Gasteiger partial charge >= 0.3 is 0 Å². The molecule has 2 amide bonds. The fraction of sp³-hybridized carbons (Fsp3) is 0.500. The van der Waals surface area contributed by atoms with Crippen LogP contribution in [0.3, 0.4) is 0 Å². The van der Waals surface area contributed by atoms with Crippen LogP contribution in [-0.4, -0.2) is 59.8 Å². The minimum atomic E-state index is -0.212. The van der Waals surface area contributed by atoms with Crippen LogP contribution in [0, 0.1) is 0 Å². The number of nitrogens with one attached hydrogen (secondary N) is 1. The maximum Gasteiger partial charge on any atom is 0.257 e. The van der Waals surface area contributed by atoms with E-state index in [-0.39, 0.29) is 11.8 Å². The van der Waals surface area contributed by atoms with Crippen LogP contribution in [0.4, 0.5) is 5.00 Å². The third-order valence-corrected chi connectivity index (χ3v) is 7.16. The van der Waals surface area contributed by atoms with E-state index in [1.807, 2.05) is 4.90 Å². The number of rotatable bonds is 4. The van der Waals surface area contributed by atoms with E-state index in [1.54, 1.807) is 35.9 Å². The van der Waals surface area contributed by atoms with Crippen molar-refractivity contribution in [3.8, 4) is 0 Å². The number of hydrogen-bond donors (Lipinski definition) is 1. The van der Waals surface area contributed by atoms with Crippen molar-refractivity contribution in [3.05, 3.63) is 46.1 Å². The molecule has 7 heteroatoms. The highest BCUT2D eigenvalue weighted by Crippen LogP contribution is 2.39. The zero-order valence-electron chi connectivity index (χ0n) is 17.1. The van der Waals surface area contributed by atoms with Gasteiger partial charge in [-0.05, 0) is 70.3 Å². The van der Waals surface area contributed by atoms with E-state index >= 15 is 0 Å². The van der Waals surface area contributed by atoms with E-state index in [2.05, 4.69) is 29.3 Å². The normalized spacial score (nSPS) is 19.1. The Morgan fingerprint density at radius 3 is 2.83 bits per heavy atom. The Balaban J connectivity index is 1.64. The third-order valence-electron chi connectivity index (χ3n) is 5.95. The molecule has 3 heterocycles. The van der Waals surface area contributed by atoms with Gasteiger partial charge in [0.2, 0.25) is 0 Å². The molecule has 0 spiro atoms. The Morgan fingerprint density at radius 1 is 1.24 bits per heavy atom. The number of amides is 2. The van der Waals surface area contributed by atoms with Crippen LogP contribution in [0.15, 0.2) is 24.5 Å². The molecule has 1 unspecified atom stereocenters. The van der Waals surface area contributed by atoms with Crippen molar-refractivity contribution in [2.75, 3.05) is 32.5 Å². The van der Waals surface area contributed by atoms with Gasteiger partial charge in [-0.3, -0.25) is 14.6 Å². The second-order valence-corrected chi connectivity index (χ2v) is 9.23. The highest BCUT2D eigenvalue weighted by atomic mass is 32.1. The van der Waals surface area contributed by atoms with Gasteiger partial charge in [0.05, 0.1) is 11.1 Å². The van der Waals surface area contributed by atoms with Gasteiger partial charge in [-0.25, -0.2) is 0 Å². The molecule has 2 aromatic heterocycles. The molecule has 1 N–H and O–H groups in total. The predicted octanol–water partition coefficient (Wildman–Crippen LogP) is 3.44. The molecule has 1 fully saturated rings. The van der Waals surface area contributed by atoms with Crippen molar-refractivity contribution >= 4 is 28.2 Å². The Hall–Kier alpha value is -2.25. The van der Waals surface area contributed by atoms with E-state index < -0.39 is 0 Å². The topological polar surface area (TPSA) is 65.5 Å². The van der Waals surface area contributed by atoms with E-state index in [9.17, 15) is 9.59 Å². The Kier molecular flexibility index (Phi) is 5.96. The summed E-state index contributed by atoms with van der Waals surface area (Å²) in [6.45, 7) is 1.52. The maximum atomic E-state index is 13.6. The standard InChI is InChI=1S/C22H28N4O2S/c1-25(2)16-8-6-12-26(14-16)22(28)19-17-9-3-4-10-18(17)29-21(19)24-20(27)15-7-5-11-23-13-15/h5,7,11,13,16H,3-4,6,8-10,12,14H2,1-2H3,(H,24,27). The molecule has 0 radical (unpaired) electrons. The first-order valence-electron chi connectivity index (χ1n) is 10.4. The number of pyridine rings is 1. The number of thiophene rings is 1. The zero-order valence-corrected chi connectivity index (χ0v) is 17.9. The van der Waals surface area contributed by atoms with Crippen molar-refractivity contribution in [1.29, 1.82) is 0 Å². The van der Waals surface area contributed by atoms with Gasteiger partial charge in [-0.1, -0.05) is 0 Å². The predicted molar refractivity (Wildman–Crippen MR) is 116 cm³/mol. The van der Waals surface area contributed by atoms with Crippen molar-refractivity contribution in [2.24, 2.45) is 0 Å². The highest BCUT2D eigenvalue weighted by Gasteiger charge is 2.32. The van der Waals surface area contributed by atoms with Crippen LogP contribution in [0.1, 0.15) is 56.8 Å². The van der Waals surface area contributed by atoms with Crippen molar-refractivity contribution in [2.45, 2.75) is 44.6 Å². The molecular formula is C22H28N4O2S. The lowest BCUT2D eigenvalue weighted by molar-refractivity contribution is 0.0635. The molecule has 6 nitrogen and oxygen atoms in total. The second-order valence-electron chi connectivity index (χ2n) is 8.12. The summed E-state index contributed by atoms with van der Waals surface area (Å²) in [5, 5.41) is 3.72. The number of anilines is 1. The number of nitrogens with zero attached hydrogens (tertiary/aromatic N) is 3. The van der Waals surface area contributed by atoms with Crippen LogP contribution in [0.5, 0.6) is 0 Å². The number of piperidine rings is 1. The lowest BCUT2D eigenvalue weighted by Gasteiger charge is -2.36. The van der Waals surface area contributed by atoms with Crippen LogP contribution in [0.25, 0.3) is 0 Å². The molecule has 0 aromatic carbocycles. The number of hydrogen-bond acceptors (Lipinski definition) is 5. The molecule has 1 saturated heterocycles. The number of carbonyl (C=O) groups is 2. The Morgan fingerprint density at radius 2 is 2.07 bits per heavy atom. The molecule has 1 atom stereocenters. The van der Waals surface area contributed by atoms with Gasteiger partial charge in [-0.15, -0.1) is 11.3 Å². The smallest absolute Gasteiger partial charge is 0.257 e. The first kappa shape index (κ1) is 20.0. The molecule has 1 aliphatic carbocycles. The van der Waals surface area contributed by atoms with Crippen LogP contribution >= 0.6 is 11.3 Å². The molecule has 2 aliphatic rings. The quantitative estimate of drug-likeness (QED) is 0.835. The van der Waals surface area contributed by atoms with Gasteiger partial charge in [0, 0.05) is 36.4 Å². The van der Waals surface area contributed by atoms with E-state index in [0.717, 1.165) is 62.7 Å². The molecule has 0 bridgehead atoms. The molecule has 29 heavy (non-hydrogen) atoms. The van der Waals surface area contributed by atoms with Gasteiger partial charge < -0.3 is 15.1 Å². The highest BCUT2D eigenvalue weighted by molar-refractivity contribution is 7.17. The lowest BCUT2D eigenvalue weighted by atomic mass is 9.94. The summed E-state index contributed by atoms with van der Waals surface area (Å²) in [6, 6.07) is 3.87. The summed E-state index contributed by atoms with van der Waals surface area (Å²) in [5.41, 5.74) is 2.38. The number of likely N-dealkylation sites (N-methyl/N-ethyl adjacent to an activating group) is 1. The largest absolute Gasteiger partial charge is 0.337 e. The van der Waals surface area contributed by atoms with E-state index in [1.165, 1.54) is 4.88 Å². The number of fused-ring (bicyclic) bond motifs is 1. The summed E-state index contributed by atoms with van der Waals surface area (Å²) in [6.07, 6.45) is 9.47. The summed E-state index contributed by atoms with van der Waals surface area (Å²) in [7, 11) is 4.15. The van der Waals surface area contributed by atoms with E-state index in [4.69, 9.17) is 0 Å². The fourth-order valence-electron chi connectivity index (χ4n) is 4.27. The first-order chi connectivity index (χ1) is 14.0. The molecule has 1 aliphatic heterocycles. The van der Waals surface area contributed by atoms with Gasteiger partial charge in [0.1, 0.15) is 5.00 Å². The van der Waals surface area contributed by atoms with Crippen molar-refractivity contribution < 1.29 is 9.59 Å². The number of carbonyl (C=O) groups excluding carboxylic acids is 2. The van der Waals surface area contributed by atoms with Crippen LogP contribution in [-0.2, 0) is 12.8 Å². The van der Waals surface area contributed by atoms with Gasteiger partial charge in [0.25, 0.3) is 11.8 Å². The van der Waals surface area contributed by atoms with Gasteiger partial charge in [0.15, 0.2) is 0 Å². The SMILES string of the molecule is CN(C)C1CCCN(C(=O)c2c(NC(=O)c3cccnc3)sc3c2CCCC3)C1. The first-order valence-corrected chi connectivity index (χ1v) is 11.2. The minimum absolute atomic E-state index is 0.0671. The summed E-state index contributed by atoms with van der Waals surface area (Å²) < 4.78 is 0. The average Bonchev–Trinajstić information content (AvgIpc) is 3.11. The molecule has 4 rings (SSSR count). The molecule has 0 saturated carbocycles. The third kappa shape index (κ3) is 4.21. The fourth-order valence-corrected chi connectivity index (χ4v) is 5.55. The number of aryl methyl sites for hydroxylation is 1. The van der Waals surface area contributed by atoms with Crippen LogP contribution in [0.2, 0.25) is 0 Å². The molecular weight excluding hydrogens is 384 g/mol. The molecule has 154 valence electrons. The molecule has 2 aromatic rings. The number of aromatic nitrogens is 1. The number of likely N-dealkylation sites (tertiary alicyclic amines) is 1. The van der Waals surface area contributed by atoms with E-state index in [0.29, 0.717) is 16.6 Å². The summed E-state index contributed by atoms with van der Waals surface area (Å²) in [5.74, 6) is -0.145. The Labute approximate surface area is 175 Å². The Bertz CT molecular complexity index is 894.